The molecule has 0 aliphatic carbocycles. The third-order valence-electron chi connectivity index (χ3n) is 3.64. The molecule has 9 heteroatoms. The van der Waals surface area contributed by atoms with Crippen LogP contribution in [-0.4, -0.2) is 33.2 Å². The lowest BCUT2D eigenvalue weighted by Crippen LogP contribution is -2.67. The third-order valence-corrected chi connectivity index (χ3v) is 3.64. The van der Waals surface area contributed by atoms with Crippen molar-refractivity contribution in [2.24, 2.45) is 5.92 Å². The molecule has 1 unspecified atom stereocenters. The van der Waals surface area contributed by atoms with E-state index in [1.54, 1.807) is 23.5 Å². The van der Waals surface area contributed by atoms with Gasteiger partial charge >= 0.3 is 6.18 Å². The molecule has 0 fully saturated rings. The number of aromatic nitrogens is 2. The van der Waals surface area contributed by atoms with Gasteiger partial charge in [-0.3, -0.25) is 9.59 Å². The summed E-state index contributed by atoms with van der Waals surface area (Å²) in [5.74, 6) is -3.19. The number of para-hydroxylation sites is 2. The number of benzene rings is 1. The summed E-state index contributed by atoms with van der Waals surface area (Å²) < 4.78 is 41.6. The first-order valence-corrected chi connectivity index (χ1v) is 6.86. The van der Waals surface area contributed by atoms with Crippen molar-refractivity contribution in [1.29, 1.82) is 0 Å². The molecule has 0 saturated carbocycles. The van der Waals surface area contributed by atoms with Crippen LogP contribution in [0.15, 0.2) is 24.3 Å². The second-order valence-electron chi connectivity index (χ2n) is 5.58. The summed E-state index contributed by atoms with van der Waals surface area (Å²) in [4.78, 5) is 28.3. The minimum absolute atomic E-state index is 0.241. The predicted octanol–water partition coefficient (Wildman–Crippen LogP) is 2.13. The van der Waals surface area contributed by atoms with Gasteiger partial charge in [0.2, 0.25) is 11.9 Å². The molecule has 122 valence electrons. The maximum atomic E-state index is 13.6. The Morgan fingerprint density at radius 2 is 2.00 bits per heavy atom. The van der Waals surface area contributed by atoms with Gasteiger partial charge in [-0.1, -0.05) is 26.0 Å². The van der Waals surface area contributed by atoms with Crippen molar-refractivity contribution in [3.8, 4) is 0 Å². The van der Waals surface area contributed by atoms with Crippen LogP contribution >= 0.6 is 0 Å². The molecule has 1 aromatic heterocycles. The van der Waals surface area contributed by atoms with Gasteiger partial charge in [-0.2, -0.15) is 13.2 Å². The highest BCUT2D eigenvalue weighted by molar-refractivity contribution is 6.06. The van der Waals surface area contributed by atoms with Gasteiger partial charge in [-0.05, 0) is 12.1 Å². The Balaban J connectivity index is 2.13. The van der Waals surface area contributed by atoms with E-state index in [1.165, 1.54) is 19.9 Å². The van der Waals surface area contributed by atoms with Gasteiger partial charge in [0.15, 0.2) is 0 Å². The average Bonchev–Trinajstić information content (AvgIpc) is 2.93. The minimum Gasteiger partial charge on any atom is -0.318 e. The molecule has 0 saturated heterocycles. The number of carbonyl (C=O) groups excluding carboxylic acids is 2. The van der Waals surface area contributed by atoms with E-state index in [-0.39, 0.29) is 11.5 Å². The molecule has 0 spiro atoms. The molecule has 3 rings (SSSR count). The molecule has 23 heavy (non-hydrogen) atoms. The number of anilines is 1. The molecule has 6 nitrogen and oxygen atoms in total. The van der Waals surface area contributed by atoms with Crippen LogP contribution in [0, 0.1) is 5.92 Å². The summed E-state index contributed by atoms with van der Waals surface area (Å²) >= 11 is 0. The topological polar surface area (TPSA) is 76.0 Å². The maximum absolute atomic E-state index is 13.6. The quantitative estimate of drug-likeness (QED) is 0.886. The predicted molar refractivity (Wildman–Crippen MR) is 75.7 cm³/mol. The van der Waals surface area contributed by atoms with E-state index < -0.39 is 29.6 Å². The van der Waals surface area contributed by atoms with E-state index in [0.29, 0.717) is 5.52 Å². The van der Waals surface area contributed by atoms with E-state index in [0.717, 1.165) is 4.57 Å². The Bertz CT molecular complexity index is 812. The van der Waals surface area contributed by atoms with E-state index in [2.05, 4.69) is 10.3 Å². The summed E-state index contributed by atoms with van der Waals surface area (Å²) in [6, 6.07) is 6.32. The highest BCUT2D eigenvalue weighted by atomic mass is 19.4. The summed E-state index contributed by atoms with van der Waals surface area (Å²) in [6.07, 6.45) is -5.03. The number of carbonyl (C=O) groups is 2. The first-order chi connectivity index (χ1) is 10.7. The Labute approximate surface area is 128 Å². The van der Waals surface area contributed by atoms with Crippen molar-refractivity contribution < 1.29 is 22.8 Å². The zero-order valence-electron chi connectivity index (χ0n) is 12.2. The Kier molecular flexibility index (Phi) is 3.13. The number of hydrogen-bond donors (Lipinski definition) is 2. The van der Waals surface area contributed by atoms with Crippen molar-refractivity contribution in [3.63, 3.8) is 0 Å². The molecule has 2 heterocycles. The number of amides is 1. The summed E-state index contributed by atoms with van der Waals surface area (Å²) in [5, 5.41) is 3.85. The van der Waals surface area contributed by atoms with E-state index >= 15 is 0 Å². The lowest BCUT2D eigenvalue weighted by molar-refractivity contribution is -0.176. The third kappa shape index (κ3) is 2.07. The second kappa shape index (κ2) is 4.71. The van der Waals surface area contributed by atoms with Gasteiger partial charge in [0, 0.05) is 5.92 Å². The molecule has 1 atom stereocenters. The maximum Gasteiger partial charge on any atom is 0.440 e. The fourth-order valence-electron chi connectivity index (χ4n) is 2.38. The molecular weight excluding hydrogens is 313 g/mol. The first-order valence-electron chi connectivity index (χ1n) is 6.86. The van der Waals surface area contributed by atoms with Gasteiger partial charge in [-0.25, -0.2) is 9.55 Å². The fourth-order valence-corrected chi connectivity index (χ4v) is 2.38. The van der Waals surface area contributed by atoms with E-state index in [1.807, 2.05) is 0 Å². The molecular formula is C14H13F3N4O2. The largest absolute Gasteiger partial charge is 0.440 e. The second-order valence-corrected chi connectivity index (χ2v) is 5.58. The normalized spacial score (nSPS) is 20.7. The van der Waals surface area contributed by atoms with Crippen molar-refractivity contribution in [3.05, 3.63) is 24.3 Å². The standard InChI is InChI=1S/C14H13F3N4O2/c1-7(2)10(22)19-13(14(15,16)17)11(23)21-9-6-4-3-5-8(9)18-12(21)20-13/h3-7H,1-2H3,(H,18,20)(H,19,22). The number of fused-ring (bicyclic) bond motifs is 3. The molecule has 2 N–H and O–H groups in total. The minimum atomic E-state index is -5.03. The number of halogens is 3. The van der Waals surface area contributed by atoms with E-state index in [4.69, 9.17) is 0 Å². The van der Waals surface area contributed by atoms with Gasteiger partial charge < -0.3 is 10.6 Å². The SMILES string of the molecule is CC(C)C(=O)NC1(C(F)(F)F)Nc2nc3ccccc3n2C1=O. The van der Waals surface area contributed by atoms with Gasteiger partial charge in [0.05, 0.1) is 11.0 Å². The lowest BCUT2D eigenvalue weighted by Gasteiger charge is -2.31. The zero-order chi connectivity index (χ0) is 17.0. The molecule has 1 amide bonds. The van der Waals surface area contributed by atoms with Crippen molar-refractivity contribution in [1.82, 2.24) is 14.9 Å². The molecule has 1 aliphatic heterocycles. The number of nitrogens with zero attached hydrogens (tertiary/aromatic N) is 2. The van der Waals surface area contributed by atoms with Gasteiger partial charge in [-0.15, -0.1) is 0 Å². The van der Waals surface area contributed by atoms with Crippen molar-refractivity contribution in [2.75, 3.05) is 5.32 Å². The van der Waals surface area contributed by atoms with Gasteiger partial charge in [0.25, 0.3) is 11.6 Å². The van der Waals surface area contributed by atoms with Gasteiger partial charge in [0.1, 0.15) is 0 Å². The Morgan fingerprint density at radius 1 is 1.35 bits per heavy atom. The van der Waals surface area contributed by atoms with Crippen LogP contribution in [0.5, 0.6) is 0 Å². The Hall–Kier alpha value is -2.58. The molecule has 1 aliphatic rings. The number of hydrogen-bond acceptors (Lipinski definition) is 4. The first kappa shape index (κ1) is 15.3. The van der Waals surface area contributed by atoms with Crippen LogP contribution in [0.3, 0.4) is 0 Å². The van der Waals surface area contributed by atoms with Crippen LogP contribution in [0.4, 0.5) is 19.1 Å². The molecule has 0 bridgehead atoms. The highest BCUT2D eigenvalue weighted by Crippen LogP contribution is 2.39. The summed E-state index contributed by atoms with van der Waals surface area (Å²) in [7, 11) is 0. The lowest BCUT2D eigenvalue weighted by atomic mass is 10.1. The number of rotatable bonds is 2. The monoisotopic (exact) mass is 326 g/mol. The van der Waals surface area contributed by atoms with Crippen molar-refractivity contribution >= 4 is 28.8 Å². The molecule has 2 aromatic rings. The average molecular weight is 326 g/mol. The summed E-state index contributed by atoms with van der Waals surface area (Å²) in [6.45, 7) is 2.87. The Morgan fingerprint density at radius 3 is 2.61 bits per heavy atom. The summed E-state index contributed by atoms with van der Waals surface area (Å²) in [5.41, 5.74) is -2.58. The van der Waals surface area contributed by atoms with Crippen LogP contribution in [0.2, 0.25) is 0 Å². The fraction of sp³-hybridized carbons (Fsp3) is 0.357. The van der Waals surface area contributed by atoms with Crippen LogP contribution in [-0.2, 0) is 4.79 Å². The molecule has 0 radical (unpaired) electrons. The zero-order valence-corrected chi connectivity index (χ0v) is 12.2. The number of alkyl halides is 3. The van der Waals surface area contributed by atoms with Crippen LogP contribution < -0.4 is 10.6 Å². The smallest absolute Gasteiger partial charge is 0.318 e. The van der Waals surface area contributed by atoms with Crippen molar-refractivity contribution in [2.45, 2.75) is 25.7 Å². The molecule has 1 aromatic carbocycles. The van der Waals surface area contributed by atoms with Crippen LogP contribution in [0.25, 0.3) is 11.0 Å². The number of imidazole rings is 1. The number of nitrogens with one attached hydrogen (secondary N) is 2. The van der Waals surface area contributed by atoms with Crippen LogP contribution in [0.1, 0.15) is 18.6 Å². The highest BCUT2D eigenvalue weighted by Gasteiger charge is 2.66. The van der Waals surface area contributed by atoms with E-state index in [9.17, 15) is 22.8 Å².